The van der Waals surface area contributed by atoms with E-state index in [1.54, 1.807) is 17.9 Å². The third kappa shape index (κ3) is 7.65. The van der Waals surface area contributed by atoms with Gasteiger partial charge in [0, 0.05) is 19.2 Å². The molecular formula is C15H27NO3. The highest BCUT2D eigenvalue weighted by Gasteiger charge is 2.20. The van der Waals surface area contributed by atoms with E-state index in [9.17, 15) is 9.59 Å². The van der Waals surface area contributed by atoms with Crippen LogP contribution in [0.2, 0.25) is 0 Å². The molecule has 1 amide bonds. The monoisotopic (exact) mass is 269 g/mol. The SMILES string of the molecule is CCCCCN(CC(C)C(=O)OC)C(=O)C=C(C)C. The molecule has 0 fully saturated rings. The highest BCUT2D eigenvalue weighted by molar-refractivity contribution is 5.88. The van der Waals surface area contributed by atoms with E-state index in [0.717, 1.165) is 24.8 Å². The van der Waals surface area contributed by atoms with E-state index < -0.39 is 0 Å². The lowest BCUT2D eigenvalue weighted by molar-refractivity contribution is -0.146. The van der Waals surface area contributed by atoms with Crippen LogP contribution in [-0.4, -0.2) is 37.0 Å². The maximum atomic E-state index is 12.1. The number of carbonyl (C=O) groups is 2. The number of nitrogens with zero attached hydrogens (tertiary/aromatic N) is 1. The molecule has 0 rings (SSSR count). The van der Waals surface area contributed by atoms with E-state index in [0.29, 0.717) is 13.1 Å². The Morgan fingerprint density at radius 3 is 2.37 bits per heavy atom. The van der Waals surface area contributed by atoms with Crippen LogP contribution in [0.3, 0.4) is 0 Å². The molecule has 1 atom stereocenters. The molecule has 0 aromatic rings. The zero-order chi connectivity index (χ0) is 14.8. The number of allylic oxidation sites excluding steroid dienone is 1. The molecule has 0 N–H and O–H groups in total. The van der Waals surface area contributed by atoms with Crippen molar-refractivity contribution in [2.24, 2.45) is 5.92 Å². The molecule has 0 radical (unpaired) electrons. The van der Waals surface area contributed by atoms with Crippen molar-refractivity contribution >= 4 is 11.9 Å². The molecule has 0 heterocycles. The number of carbonyl (C=O) groups excluding carboxylic acids is 2. The van der Waals surface area contributed by atoms with Crippen LogP contribution in [0.5, 0.6) is 0 Å². The number of ether oxygens (including phenoxy) is 1. The second-order valence-electron chi connectivity index (χ2n) is 5.14. The third-order valence-corrected chi connectivity index (χ3v) is 2.85. The topological polar surface area (TPSA) is 46.6 Å². The highest BCUT2D eigenvalue weighted by Crippen LogP contribution is 2.07. The van der Waals surface area contributed by atoms with E-state index in [1.165, 1.54) is 7.11 Å². The molecule has 0 spiro atoms. The minimum atomic E-state index is -0.291. The fraction of sp³-hybridized carbons (Fsp3) is 0.733. The van der Waals surface area contributed by atoms with Gasteiger partial charge >= 0.3 is 5.97 Å². The average Bonchev–Trinajstić information content (AvgIpc) is 2.35. The van der Waals surface area contributed by atoms with Crippen molar-refractivity contribution in [1.29, 1.82) is 0 Å². The van der Waals surface area contributed by atoms with Gasteiger partial charge in [0.2, 0.25) is 5.91 Å². The molecule has 0 aliphatic heterocycles. The van der Waals surface area contributed by atoms with Crippen LogP contribution >= 0.6 is 0 Å². The summed E-state index contributed by atoms with van der Waals surface area (Å²) in [5.74, 6) is -0.585. The first-order valence-corrected chi connectivity index (χ1v) is 6.94. The number of hydrogen-bond acceptors (Lipinski definition) is 3. The largest absolute Gasteiger partial charge is 0.469 e. The van der Waals surface area contributed by atoms with Crippen LogP contribution in [0.25, 0.3) is 0 Å². The van der Waals surface area contributed by atoms with E-state index in [2.05, 4.69) is 6.92 Å². The summed E-state index contributed by atoms with van der Waals surface area (Å²) in [6, 6.07) is 0. The summed E-state index contributed by atoms with van der Waals surface area (Å²) in [5.41, 5.74) is 0.969. The van der Waals surface area contributed by atoms with Crippen molar-refractivity contribution < 1.29 is 14.3 Å². The Morgan fingerprint density at radius 2 is 1.89 bits per heavy atom. The average molecular weight is 269 g/mol. The van der Waals surface area contributed by atoms with Crippen molar-refractivity contribution in [3.05, 3.63) is 11.6 Å². The molecule has 0 aliphatic rings. The lowest BCUT2D eigenvalue weighted by Crippen LogP contribution is -2.37. The molecular weight excluding hydrogens is 242 g/mol. The maximum Gasteiger partial charge on any atom is 0.310 e. The van der Waals surface area contributed by atoms with Gasteiger partial charge in [0.25, 0.3) is 0 Å². The Labute approximate surface area is 116 Å². The quantitative estimate of drug-likeness (QED) is 0.387. The lowest BCUT2D eigenvalue weighted by Gasteiger charge is -2.24. The van der Waals surface area contributed by atoms with Gasteiger partial charge in [-0.15, -0.1) is 0 Å². The summed E-state index contributed by atoms with van der Waals surface area (Å²) in [4.78, 5) is 25.3. The maximum absolute atomic E-state index is 12.1. The van der Waals surface area contributed by atoms with Crippen molar-refractivity contribution in [2.45, 2.75) is 47.0 Å². The number of hydrogen-bond donors (Lipinski definition) is 0. The molecule has 110 valence electrons. The molecule has 1 unspecified atom stereocenters. The molecule has 0 aliphatic carbocycles. The number of rotatable bonds is 8. The number of esters is 1. The fourth-order valence-electron chi connectivity index (χ4n) is 1.79. The number of methoxy groups -OCH3 is 1. The van der Waals surface area contributed by atoms with Crippen LogP contribution in [0.4, 0.5) is 0 Å². The minimum absolute atomic E-state index is 0.0214. The predicted molar refractivity (Wildman–Crippen MR) is 76.7 cm³/mol. The Kier molecular flexibility index (Phi) is 8.92. The molecule has 0 saturated heterocycles. The second kappa shape index (κ2) is 9.59. The standard InChI is InChI=1S/C15H27NO3/c1-6-7-8-9-16(14(17)10-12(2)3)11-13(4)15(18)19-5/h10,13H,6-9,11H2,1-5H3. The predicted octanol–water partition coefficient (Wildman–Crippen LogP) is 2.78. The van der Waals surface area contributed by atoms with Gasteiger partial charge in [-0.05, 0) is 20.3 Å². The summed E-state index contributed by atoms with van der Waals surface area (Å²) in [7, 11) is 1.37. The van der Waals surface area contributed by atoms with Gasteiger partial charge in [-0.3, -0.25) is 9.59 Å². The molecule has 19 heavy (non-hydrogen) atoms. The molecule has 0 bridgehead atoms. The Bertz CT molecular complexity index is 319. The molecule has 0 aromatic heterocycles. The van der Waals surface area contributed by atoms with Gasteiger partial charge in [-0.1, -0.05) is 32.3 Å². The molecule has 0 saturated carbocycles. The van der Waals surface area contributed by atoms with Crippen LogP contribution < -0.4 is 0 Å². The highest BCUT2D eigenvalue weighted by atomic mass is 16.5. The Hall–Kier alpha value is -1.32. The van der Waals surface area contributed by atoms with Gasteiger partial charge in [0.05, 0.1) is 13.0 Å². The summed E-state index contributed by atoms with van der Waals surface area (Å²) in [6.07, 6.45) is 4.78. The molecule has 0 aromatic carbocycles. The van der Waals surface area contributed by atoms with Crippen LogP contribution in [0.1, 0.15) is 47.0 Å². The van der Waals surface area contributed by atoms with E-state index in [-0.39, 0.29) is 17.8 Å². The minimum Gasteiger partial charge on any atom is -0.469 e. The lowest BCUT2D eigenvalue weighted by atomic mass is 10.1. The van der Waals surface area contributed by atoms with Crippen LogP contribution in [-0.2, 0) is 14.3 Å². The van der Waals surface area contributed by atoms with E-state index in [4.69, 9.17) is 4.74 Å². The van der Waals surface area contributed by atoms with Crippen LogP contribution in [0, 0.1) is 5.92 Å². The summed E-state index contributed by atoms with van der Waals surface area (Å²) < 4.78 is 4.71. The van der Waals surface area contributed by atoms with E-state index >= 15 is 0 Å². The van der Waals surface area contributed by atoms with Crippen molar-refractivity contribution in [3.8, 4) is 0 Å². The first kappa shape index (κ1) is 17.7. The summed E-state index contributed by atoms with van der Waals surface area (Å²) in [5, 5.41) is 0. The number of unbranched alkanes of at least 4 members (excludes halogenated alkanes) is 2. The second-order valence-corrected chi connectivity index (χ2v) is 5.14. The number of amides is 1. The van der Waals surface area contributed by atoms with E-state index in [1.807, 2.05) is 13.8 Å². The summed E-state index contributed by atoms with van der Waals surface area (Å²) >= 11 is 0. The third-order valence-electron chi connectivity index (χ3n) is 2.85. The normalized spacial score (nSPS) is 11.6. The van der Waals surface area contributed by atoms with Gasteiger partial charge in [-0.2, -0.15) is 0 Å². The van der Waals surface area contributed by atoms with Gasteiger partial charge in [0.1, 0.15) is 0 Å². The van der Waals surface area contributed by atoms with Crippen LogP contribution in [0.15, 0.2) is 11.6 Å². The smallest absolute Gasteiger partial charge is 0.310 e. The van der Waals surface area contributed by atoms with Gasteiger partial charge in [-0.25, -0.2) is 0 Å². The fourth-order valence-corrected chi connectivity index (χ4v) is 1.79. The van der Waals surface area contributed by atoms with Crippen molar-refractivity contribution in [2.75, 3.05) is 20.2 Å². The zero-order valence-electron chi connectivity index (χ0n) is 12.9. The van der Waals surface area contributed by atoms with Gasteiger partial charge in [0.15, 0.2) is 0 Å². The molecule has 4 heteroatoms. The molecule has 4 nitrogen and oxygen atoms in total. The van der Waals surface area contributed by atoms with Crippen molar-refractivity contribution in [3.63, 3.8) is 0 Å². The van der Waals surface area contributed by atoms with Gasteiger partial charge < -0.3 is 9.64 Å². The summed E-state index contributed by atoms with van der Waals surface area (Å²) in [6.45, 7) is 8.81. The Balaban J connectivity index is 4.61. The first-order chi connectivity index (χ1) is 8.92. The first-order valence-electron chi connectivity index (χ1n) is 6.94. The Morgan fingerprint density at radius 1 is 1.26 bits per heavy atom. The zero-order valence-corrected chi connectivity index (χ0v) is 12.9. The van der Waals surface area contributed by atoms with Crippen molar-refractivity contribution in [1.82, 2.24) is 4.90 Å².